The van der Waals surface area contributed by atoms with E-state index in [2.05, 4.69) is 4.98 Å². The van der Waals surface area contributed by atoms with Crippen LogP contribution >= 0.6 is 0 Å². The number of oxazole rings is 1. The van der Waals surface area contributed by atoms with Crippen LogP contribution in [0.2, 0.25) is 0 Å². The second kappa shape index (κ2) is 5.54. The molecule has 0 unspecified atom stereocenters. The molecule has 19 heavy (non-hydrogen) atoms. The highest BCUT2D eigenvalue weighted by Crippen LogP contribution is 2.23. The summed E-state index contributed by atoms with van der Waals surface area (Å²) in [6.45, 7) is 0.585. The molecule has 1 heterocycles. The normalized spacial score (nSPS) is 11.7. The Morgan fingerprint density at radius 1 is 1.37 bits per heavy atom. The molecule has 5 nitrogen and oxygen atoms in total. The van der Waals surface area contributed by atoms with Gasteiger partial charge in [-0.25, -0.2) is 13.4 Å². The Bertz CT molecular complexity index is 662. The largest absolute Gasteiger partial charge is 0.441 e. The van der Waals surface area contributed by atoms with Gasteiger partial charge in [-0.3, -0.25) is 0 Å². The van der Waals surface area contributed by atoms with E-state index in [-0.39, 0.29) is 4.90 Å². The summed E-state index contributed by atoms with van der Waals surface area (Å²) in [6.07, 6.45) is 4.28. The molecule has 102 valence electrons. The quantitative estimate of drug-likeness (QED) is 0.899. The molecule has 2 N–H and O–H groups in total. The van der Waals surface area contributed by atoms with E-state index in [9.17, 15) is 8.42 Å². The molecule has 6 heteroatoms. The minimum Gasteiger partial charge on any atom is -0.441 e. The van der Waals surface area contributed by atoms with Crippen LogP contribution in [0.1, 0.15) is 12.3 Å². The Morgan fingerprint density at radius 3 is 2.84 bits per heavy atom. The SMILES string of the molecule is CS(=O)(=O)c1cccc(-c2cnc(CCCN)o2)c1. The molecule has 0 aliphatic rings. The van der Waals surface area contributed by atoms with E-state index in [0.29, 0.717) is 30.2 Å². The van der Waals surface area contributed by atoms with Crippen LogP contribution in [0.15, 0.2) is 39.8 Å². The van der Waals surface area contributed by atoms with Gasteiger partial charge < -0.3 is 10.2 Å². The van der Waals surface area contributed by atoms with Gasteiger partial charge in [-0.05, 0) is 25.1 Å². The average Bonchev–Trinajstić information content (AvgIpc) is 2.84. The fraction of sp³-hybridized carbons (Fsp3) is 0.308. The zero-order valence-corrected chi connectivity index (χ0v) is 11.5. The first-order valence-electron chi connectivity index (χ1n) is 5.96. The van der Waals surface area contributed by atoms with Crippen molar-refractivity contribution >= 4 is 9.84 Å². The van der Waals surface area contributed by atoms with Gasteiger partial charge in [0.15, 0.2) is 21.5 Å². The lowest BCUT2D eigenvalue weighted by Crippen LogP contribution is -2.00. The third-order valence-corrected chi connectivity index (χ3v) is 3.81. The zero-order valence-electron chi connectivity index (χ0n) is 10.7. The van der Waals surface area contributed by atoms with Crippen LogP contribution in [0.5, 0.6) is 0 Å². The molecule has 0 spiro atoms. The molecular formula is C13H16N2O3S. The molecule has 0 bridgehead atoms. The summed E-state index contributed by atoms with van der Waals surface area (Å²) in [5, 5.41) is 0. The highest BCUT2D eigenvalue weighted by molar-refractivity contribution is 7.90. The Kier molecular flexibility index (Phi) is 4.01. The van der Waals surface area contributed by atoms with Crippen molar-refractivity contribution in [3.63, 3.8) is 0 Å². The van der Waals surface area contributed by atoms with Gasteiger partial charge in [-0.15, -0.1) is 0 Å². The van der Waals surface area contributed by atoms with Crippen molar-refractivity contribution in [2.75, 3.05) is 12.8 Å². The Hall–Kier alpha value is -1.66. The molecule has 2 aromatic rings. The summed E-state index contributed by atoms with van der Waals surface area (Å²) < 4.78 is 28.6. The first kappa shape index (κ1) is 13.8. The van der Waals surface area contributed by atoms with E-state index >= 15 is 0 Å². The number of aromatic nitrogens is 1. The van der Waals surface area contributed by atoms with E-state index < -0.39 is 9.84 Å². The lowest BCUT2D eigenvalue weighted by atomic mass is 10.2. The van der Waals surface area contributed by atoms with Gasteiger partial charge in [-0.2, -0.15) is 0 Å². The van der Waals surface area contributed by atoms with Gasteiger partial charge in [0, 0.05) is 18.2 Å². The van der Waals surface area contributed by atoms with Crippen LogP contribution < -0.4 is 5.73 Å². The Balaban J connectivity index is 2.29. The number of rotatable bonds is 5. The monoisotopic (exact) mass is 280 g/mol. The maximum absolute atomic E-state index is 11.5. The summed E-state index contributed by atoms with van der Waals surface area (Å²) in [6, 6.07) is 6.63. The molecule has 0 amide bonds. The first-order valence-corrected chi connectivity index (χ1v) is 7.85. The summed E-state index contributed by atoms with van der Waals surface area (Å²) in [5.74, 6) is 1.18. The maximum atomic E-state index is 11.5. The number of benzene rings is 1. The van der Waals surface area contributed by atoms with Crippen molar-refractivity contribution < 1.29 is 12.8 Å². The summed E-state index contributed by atoms with van der Waals surface area (Å²) in [7, 11) is -3.22. The number of nitrogens with two attached hydrogens (primary N) is 1. The number of nitrogens with zero attached hydrogens (tertiary/aromatic N) is 1. The standard InChI is InChI=1S/C13H16N2O3S/c1-19(16,17)11-5-2-4-10(8-11)12-9-15-13(18-12)6-3-7-14/h2,4-5,8-9H,3,6-7,14H2,1H3. The van der Waals surface area contributed by atoms with E-state index in [0.717, 1.165) is 6.42 Å². The van der Waals surface area contributed by atoms with Crippen LogP contribution in [0.25, 0.3) is 11.3 Å². The second-order valence-corrected chi connectivity index (χ2v) is 6.33. The fourth-order valence-corrected chi connectivity index (χ4v) is 2.36. The van der Waals surface area contributed by atoms with Crippen molar-refractivity contribution in [1.29, 1.82) is 0 Å². The van der Waals surface area contributed by atoms with Gasteiger partial charge >= 0.3 is 0 Å². The fourth-order valence-electron chi connectivity index (χ4n) is 1.69. The van der Waals surface area contributed by atoms with Gasteiger partial charge in [-0.1, -0.05) is 12.1 Å². The lowest BCUT2D eigenvalue weighted by molar-refractivity contribution is 0.499. The van der Waals surface area contributed by atoms with Crippen LogP contribution in [-0.4, -0.2) is 26.2 Å². The maximum Gasteiger partial charge on any atom is 0.194 e. The number of sulfone groups is 1. The summed E-state index contributed by atoms with van der Waals surface area (Å²) in [4.78, 5) is 4.42. The molecule has 0 aliphatic carbocycles. The Morgan fingerprint density at radius 2 is 2.16 bits per heavy atom. The van der Waals surface area contributed by atoms with Crippen LogP contribution in [0.3, 0.4) is 0 Å². The highest BCUT2D eigenvalue weighted by atomic mass is 32.2. The molecule has 2 rings (SSSR count). The van der Waals surface area contributed by atoms with Crippen LogP contribution in [0.4, 0.5) is 0 Å². The molecule has 0 saturated heterocycles. The van der Waals surface area contributed by atoms with E-state index in [4.69, 9.17) is 10.2 Å². The van der Waals surface area contributed by atoms with Gasteiger partial charge in [0.2, 0.25) is 0 Å². The van der Waals surface area contributed by atoms with Gasteiger partial charge in [0.1, 0.15) is 0 Å². The van der Waals surface area contributed by atoms with Crippen molar-refractivity contribution in [3.8, 4) is 11.3 Å². The Labute approximate surface area is 112 Å². The van der Waals surface area contributed by atoms with Crippen LogP contribution in [0, 0.1) is 0 Å². The number of hydrogen-bond donors (Lipinski definition) is 1. The average molecular weight is 280 g/mol. The predicted octanol–water partition coefficient (Wildman–Crippen LogP) is 1.64. The van der Waals surface area contributed by atoms with Crippen molar-refractivity contribution in [1.82, 2.24) is 4.98 Å². The van der Waals surface area contributed by atoms with Crippen LogP contribution in [-0.2, 0) is 16.3 Å². The first-order chi connectivity index (χ1) is 9.00. The second-order valence-electron chi connectivity index (χ2n) is 4.31. The number of hydrogen-bond acceptors (Lipinski definition) is 5. The molecule has 0 saturated carbocycles. The van der Waals surface area contributed by atoms with Crippen molar-refractivity contribution in [2.45, 2.75) is 17.7 Å². The smallest absolute Gasteiger partial charge is 0.194 e. The van der Waals surface area contributed by atoms with E-state index in [1.807, 2.05) is 0 Å². The minimum atomic E-state index is -3.22. The third kappa shape index (κ3) is 3.42. The minimum absolute atomic E-state index is 0.268. The predicted molar refractivity (Wildman–Crippen MR) is 72.4 cm³/mol. The summed E-state index contributed by atoms with van der Waals surface area (Å²) >= 11 is 0. The number of aryl methyl sites for hydroxylation is 1. The van der Waals surface area contributed by atoms with Crippen molar-refractivity contribution in [3.05, 3.63) is 36.4 Å². The highest BCUT2D eigenvalue weighted by Gasteiger charge is 2.11. The molecule has 1 aromatic heterocycles. The van der Waals surface area contributed by atoms with E-state index in [1.165, 1.54) is 6.26 Å². The molecular weight excluding hydrogens is 264 g/mol. The topological polar surface area (TPSA) is 86.2 Å². The summed E-state index contributed by atoms with van der Waals surface area (Å²) in [5.41, 5.74) is 6.13. The molecule has 0 radical (unpaired) electrons. The zero-order chi connectivity index (χ0) is 13.9. The molecule has 0 aliphatic heterocycles. The van der Waals surface area contributed by atoms with Gasteiger partial charge in [0.25, 0.3) is 0 Å². The third-order valence-electron chi connectivity index (χ3n) is 2.70. The lowest BCUT2D eigenvalue weighted by Gasteiger charge is -2.00. The molecule has 1 aromatic carbocycles. The van der Waals surface area contributed by atoms with Gasteiger partial charge in [0.05, 0.1) is 11.1 Å². The molecule has 0 atom stereocenters. The molecule has 0 fully saturated rings. The van der Waals surface area contributed by atoms with Crippen molar-refractivity contribution in [2.24, 2.45) is 5.73 Å². The van der Waals surface area contributed by atoms with E-state index in [1.54, 1.807) is 30.5 Å².